The molecule has 0 saturated carbocycles. The normalized spacial score (nSPS) is 12.0. The third kappa shape index (κ3) is 2.02. The van der Waals surface area contributed by atoms with E-state index in [0.29, 0.717) is 5.75 Å². The standard InChI is InChI=1S/C10H18N2O/c1-5-6-8-9(13)7-11-12(8)10(2,3)4/h7,13H,5-6H2,1-4H3. The second kappa shape index (κ2) is 3.40. The molecule has 0 unspecified atom stereocenters. The van der Waals surface area contributed by atoms with Crippen molar-refractivity contribution in [3.63, 3.8) is 0 Å². The molecule has 0 aliphatic heterocycles. The summed E-state index contributed by atoms with van der Waals surface area (Å²) in [6.07, 6.45) is 3.43. The Kier molecular flexibility index (Phi) is 2.64. The second-order valence-corrected chi connectivity index (χ2v) is 4.31. The molecule has 0 aromatic carbocycles. The van der Waals surface area contributed by atoms with Gasteiger partial charge in [0, 0.05) is 0 Å². The molecule has 1 aromatic rings. The first-order valence-electron chi connectivity index (χ1n) is 4.73. The lowest BCUT2D eigenvalue weighted by molar-refractivity contribution is 0.338. The average molecular weight is 182 g/mol. The minimum Gasteiger partial charge on any atom is -0.504 e. The van der Waals surface area contributed by atoms with Crippen LogP contribution in [0, 0.1) is 0 Å². The van der Waals surface area contributed by atoms with Crippen LogP contribution in [0.2, 0.25) is 0 Å². The van der Waals surface area contributed by atoms with Crippen molar-refractivity contribution in [1.82, 2.24) is 9.78 Å². The molecule has 0 aliphatic rings. The lowest BCUT2D eigenvalue weighted by Crippen LogP contribution is -2.25. The summed E-state index contributed by atoms with van der Waals surface area (Å²) in [5.41, 5.74) is 0.890. The number of aromatic hydroxyl groups is 1. The van der Waals surface area contributed by atoms with E-state index in [-0.39, 0.29) is 5.54 Å². The first-order chi connectivity index (χ1) is 5.96. The Labute approximate surface area is 79.4 Å². The fourth-order valence-corrected chi connectivity index (χ4v) is 1.41. The van der Waals surface area contributed by atoms with Gasteiger partial charge in [-0.1, -0.05) is 13.3 Å². The molecule has 0 atom stereocenters. The van der Waals surface area contributed by atoms with Crippen LogP contribution in [0.4, 0.5) is 0 Å². The summed E-state index contributed by atoms with van der Waals surface area (Å²) < 4.78 is 1.89. The highest BCUT2D eigenvalue weighted by Crippen LogP contribution is 2.24. The van der Waals surface area contributed by atoms with E-state index < -0.39 is 0 Å². The van der Waals surface area contributed by atoms with Gasteiger partial charge in [0.05, 0.1) is 17.4 Å². The Morgan fingerprint density at radius 1 is 1.46 bits per heavy atom. The number of rotatable bonds is 2. The summed E-state index contributed by atoms with van der Waals surface area (Å²) in [6, 6.07) is 0. The number of nitrogens with zero attached hydrogens (tertiary/aromatic N) is 2. The van der Waals surface area contributed by atoms with Gasteiger partial charge in [-0.15, -0.1) is 0 Å². The largest absolute Gasteiger partial charge is 0.504 e. The summed E-state index contributed by atoms with van der Waals surface area (Å²) in [7, 11) is 0. The summed E-state index contributed by atoms with van der Waals surface area (Å²) in [5, 5.41) is 13.7. The highest BCUT2D eigenvalue weighted by molar-refractivity contribution is 5.24. The molecule has 3 nitrogen and oxygen atoms in total. The SMILES string of the molecule is CCCc1c(O)cnn1C(C)(C)C. The molecule has 13 heavy (non-hydrogen) atoms. The van der Waals surface area contributed by atoms with Gasteiger partial charge in [0.25, 0.3) is 0 Å². The molecule has 74 valence electrons. The maximum Gasteiger partial charge on any atom is 0.156 e. The van der Waals surface area contributed by atoms with Crippen molar-refractivity contribution in [3.05, 3.63) is 11.9 Å². The van der Waals surface area contributed by atoms with E-state index in [1.807, 2.05) is 4.68 Å². The van der Waals surface area contributed by atoms with Crippen LogP contribution in [0.15, 0.2) is 6.20 Å². The molecule has 0 spiro atoms. The Bertz CT molecular complexity index is 284. The van der Waals surface area contributed by atoms with Crippen molar-refractivity contribution >= 4 is 0 Å². The third-order valence-corrected chi connectivity index (χ3v) is 1.97. The fourth-order valence-electron chi connectivity index (χ4n) is 1.41. The molecule has 0 aliphatic carbocycles. The van der Waals surface area contributed by atoms with Crippen LogP contribution in [0.3, 0.4) is 0 Å². The molecule has 0 radical (unpaired) electrons. The van der Waals surface area contributed by atoms with Crippen LogP contribution in [0.1, 0.15) is 39.8 Å². The molecular weight excluding hydrogens is 164 g/mol. The smallest absolute Gasteiger partial charge is 0.156 e. The van der Waals surface area contributed by atoms with Gasteiger partial charge >= 0.3 is 0 Å². The predicted octanol–water partition coefficient (Wildman–Crippen LogP) is 2.30. The van der Waals surface area contributed by atoms with E-state index in [2.05, 4.69) is 32.8 Å². The van der Waals surface area contributed by atoms with Gasteiger partial charge < -0.3 is 5.11 Å². The molecule has 1 aromatic heterocycles. The van der Waals surface area contributed by atoms with Gasteiger partial charge in [0.15, 0.2) is 5.75 Å². The van der Waals surface area contributed by atoms with E-state index >= 15 is 0 Å². The fraction of sp³-hybridized carbons (Fsp3) is 0.700. The molecule has 0 amide bonds. The molecule has 3 heteroatoms. The van der Waals surface area contributed by atoms with E-state index in [4.69, 9.17) is 0 Å². The first kappa shape index (κ1) is 10.1. The maximum atomic E-state index is 9.54. The van der Waals surface area contributed by atoms with Crippen molar-refractivity contribution < 1.29 is 5.11 Å². The predicted molar refractivity (Wildman–Crippen MR) is 52.9 cm³/mol. The van der Waals surface area contributed by atoms with Crippen LogP contribution in [-0.2, 0) is 12.0 Å². The molecule has 1 N–H and O–H groups in total. The average Bonchev–Trinajstić information content (AvgIpc) is 2.32. The van der Waals surface area contributed by atoms with Gasteiger partial charge in [-0.3, -0.25) is 4.68 Å². The minimum absolute atomic E-state index is 0.0501. The second-order valence-electron chi connectivity index (χ2n) is 4.31. The quantitative estimate of drug-likeness (QED) is 0.762. The van der Waals surface area contributed by atoms with E-state index in [1.54, 1.807) is 0 Å². The lowest BCUT2D eigenvalue weighted by atomic mass is 10.1. The van der Waals surface area contributed by atoms with Gasteiger partial charge in [0.2, 0.25) is 0 Å². The van der Waals surface area contributed by atoms with Crippen molar-refractivity contribution in [2.75, 3.05) is 0 Å². The van der Waals surface area contributed by atoms with Crippen LogP contribution < -0.4 is 0 Å². The lowest BCUT2D eigenvalue weighted by Gasteiger charge is -2.22. The van der Waals surface area contributed by atoms with E-state index in [9.17, 15) is 5.11 Å². The minimum atomic E-state index is -0.0501. The van der Waals surface area contributed by atoms with Crippen LogP contribution in [0.25, 0.3) is 0 Å². The topological polar surface area (TPSA) is 38.1 Å². The number of aromatic nitrogens is 2. The molecule has 0 bridgehead atoms. The summed E-state index contributed by atoms with van der Waals surface area (Å²) in [6.45, 7) is 8.34. The Morgan fingerprint density at radius 2 is 2.08 bits per heavy atom. The Balaban J connectivity index is 3.07. The molecule has 0 saturated heterocycles. The van der Waals surface area contributed by atoms with Crippen molar-refractivity contribution in [3.8, 4) is 5.75 Å². The highest BCUT2D eigenvalue weighted by atomic mass is 16.3. The first-order valence-corrected chi connectivity index (χ1v) is 4.73. The van der Waals surface area contributed by atoms with E-state index in [1.165, 1.54) is 6.20 Å². The van der Waals surface area contributed by atoms with Crippen LogP contribution in [-0.4, -0.2) is 14.9 Å². The zero-order valence-corrected chi connectivity index (χ0v) is 8.83. The third-order valence-electron chi connectivity index (χ3n) is 1.97. The van der Waals surface area contributed by atoms with Gasteiger partial charge in [-0.2, -0.15) is 5.10 Å². The zero-order chi connectivity index (χ0) is 10.1. The monoisotopic (exact) mass is 182 g/mol. The summed E-state index contributed by atoms with van der Waals surface area (Å²) in [5.74, 6) is 0.316. The van der Waals surface area contributed by atoms with Crippen LogP contribution in [0.5, 0.6) is 5.75 Å². The zero-order valence-electron chi connectivity index (χ0n) is 8.83. The van der Waals surface area contributed by atoms with Gasteiger partial charge in [-0.05, 0) is 27.2 Å². The summed E-state index contributed by atoms with van der Waals surface area (Å²) >= 11 is 0. The molecule has 1 rings (SSSR count). The Morgan fingerprint density at radius 3 is 2.54 bits per heavy atom. The van der Waals surface area contributed by atoms with Gasteiger partial charge in [-0.25, -0.2) is 0 Å². The maximum absolute atomic E-state index is 9.54. The van der Waals surface area contributed by atoms with Gasteiger partial charge in [0.1, 0.15) is 0 Å². The number of hydrogen-bond donors (Lipinski definition) is 1. The molecule has 0 fully saturated rings. The highest BCUT2D eigenvalue weighted by Gasteiger charge is 2.19. The molecule has 1 heterocycles. The van der Waals surface area contributed by atoms with Crippen molar-refractivity contribution in [2.24, 2.45) is 0 Å². The summed E-state index contributed by atoms with van der Waals surface area (Å²) in [4.78, 5) is 0. The number of hydrogen-bond acceptors (Lipinski definition) is 2. The Hall–Kier alpha value is -0.990. The van der Waals surface area contributed by atoms with E-state index in [0.717, 1.165) is 18.5 Å². The van der Waals surface area contributed by atoms with Crippen molar-refractivity contribution in [1.29, 1.82) is 0 Å². The molecular formula is C10H18N2O. The van der Waals surface area contributed by atoms with Crippen LogP contribution >= 0.6 is 0 Å². The van der Waals surface area contributed by atoms with Crippen molar-refractivity contribution in [2.45, 2.75) is 46.1 Å².